The first-order valence-electron chi connectivity index (χ1n) is 12.9. The van der Waals surface area contributed by atoms with E-state index < -0.39 is 5.91 Å². The van der Waals surface area contributed by atoms with Crippen LogP contribution in [0, 0.1) is 13.8 Å². The van der Waals surface area contributed by atoms with Crippen LogP contribution in [0.15, 0.2) is 114 Å². The van der Waals surface area contributed by atoms with E-state index >= 15 is 0 Å². The van der Waals surface area contributed by atoms with Crippen LogP contribution in [0.2, 0.25) is 0 Å². The van der Waals surface area contributed by atoms with Gasteiger partial charge in [-0.2, -0.15) is 0 Å². The molecular weight excluding hydrogens is 518 g/mol. The van der Waals surface area contributed by atoms with Crippen molar-refractivity contribution in [2.75, 3.05) is 10.6 Å². The second kappa shape index (κ2) is 13.4. The molecule has 4 aromatic carbocycles. The molecule has 0 aliphatic carbocycles. The van der Waals surface area contributed by atoms with Gasteiger partial charge in [0.05, 0.1) is 5.25 Å². The van der Waals surface area contributed by atoms with Gasteiger partial charge in [-0.1, -0.05) is 66.7 Å². The number of anilines is 2. The van der Waals surface area contributed by atoms with E-state index in [1.807, 2.05) is 93.6 Å². The van der Waals surface area contributed by atoms with Gasteiger partial charge in [0.1, 0.15) is 5.70 Å². The third-order valence-electron chi connectivity index (χ3n) is 6.19. The van der Waals surface area contributed by atoms with Crippen molar-refractivity contribution in [3.63, 3.8) is 0 Å². The lowest BCUT2D eigenvalue weighted by atomic mass is 10.1. The standard InChI is InChI=1S/C33H31N3O3S/c1-22-12-7-9-16-26(22)20-30(36-32(38)25-14-5-4-6-15-25)33(39)34-27-17-11-18-28(21-27)40-24(3)31(37)35-29-19-10-8-13-23(29)2/h4-21,24H,1-3H3,(H,34,39)(H,35,37)(H,36,38)/b30-20-. The smallest absolute Gasteiger partial charge is 0.272 e. The van der Waals surface area contributed by atoms with E-state index in [1.54, 1.807) is 36.4 Å². The van der Waals surface area contributed by atoms with Crippen molar-refractivity contribution < 1.29 is 14.4 Å². The van der Waals surface area contributed by atoms with Crippen LogP contribution in [0.1, 0.15) is 34.0 Å². The first kappa shape index (κ1) is 28.4. The normalized spacial score (nSPS) is 11.8. The molecule has 0 spiro atoms. The lowest BCUT2D eigenvalue weighted by molar-refractivity contribution is -0.115. The molecule has 4 aromatic rings. The predicted molar refractivity (Wildman–Crippen MR) is 163 cm³/mol. The first-order chi connectivity index (χ1) is 19.3. The second-order valence-electron chi connectivity index (χ2n) is 9.28. The van der Waals surface area contributed by atoms with Crippen LogP contribution in [0.3, 0.4) is 0 Å². The first-order valence-corrected chi connectivity index (χ1v) is 13.8. The summed E-state index contributed by atoms with van der Waals surface area (Å²) in [5, 5.41) is 8.27. The minimum atomic E-state index is -0.458. The fourth-order valence-electron chi connectivity index (χ4n) is 3.90. The molecule has 6 nitrogen and oxygen atoms in total. The number of carbonyl (C=O) groups excluding carboxylic acids is 3. The largest absolute Gasteiger partial charge is 0.325 e. The number of aryl methyl sites for hydroxylation is 2. The second-order valence-corrected chi connectivity index (χ2v) is 10.7. The van der Waals surface area contributed by atoms with Gasteiger partial charge in [0.15, 0.2) is 0 Å². The van der Waals surface area contributed by atoms with Gasteiger partial charge < -0.3 is 16.0 Å². The number of hydrogen-bond acceptors (Lipinski definition) is 4. The topological polar surface area (TPSA) is 87.3 Å². The van der Waals surface area contributed by atoms with Crippen molar-refractivity contribution in [3.05, 3.63) is 131 Å². The molecule has 202 valence electrons. The van der Waals surface area contributed by atoms with Crippen molar-refractivity contribution in [2.24, 2.45) is 0 Å². The fraction of sp³-hybridized carbons (Fsp3) is 0.121. The number of benzene rings is 4. The van der Waals surface area contributed by atoms with Gasteiger partial charge in [-0.15, -0.1) is 11.8 Å². The summed E-state index contributed by atoms with van der Waals surface area (Å²) in [4.78, 5) is 39.9. The SMILES string of the molecule is Cc1ccccc1/C=C(\NC(=O)c1ccccc1)C(=O)Nc1cccc(SC(C)C(=O)Nc2ccccc2C)c1. The van der Waals surface area contributed by atoms with Crippen LogP contribution in [-0.2, 0) is 9.59 Å². The molecule has 0 aliphatic heterocycles. The van der Waals surface area contributed by atoms with Gasteiger partial charge in [-0.3, -0.25) is 14.4 Å². The molecule has 0 aliphatic rings. The fourth-order valence-corrected chi connectivity index (χ4v) is 4.82. The van der Waals surface area contributed by atoms with Gasteiger partial charge in [-0.25, -0.2) is 0 Å². The van der Waals surface area contributed by atoms with Crippen LogP contribution in [0.5, 0.6) is 0 Å². The molecule has 1 unspecified atom stereocenters. The van der Waals surface area contributed by atoms with Gasteiger partial charge in [0.25, 0.3) is 11.8 Å². The van der Waals surface area contributed by atoms with Crippen LogP contribution in [-0.4, -0.2) is 23.0 Å². The summed E-state index contributed by atoms with van der Waals surface area (Å²) in [6.07, 6.45) is 1.67. The molecule has 0 saturated heterocycles. The number of hydrogen-bond donors (Lipinski definition) is 3. The summed E-state index contributed by atoms with van der Waals surface area (Å²) in [7, 11) is 0. The zero-order chi connectivity index (χ0) is 28.5. The molecule has 0 bridgehead atoms. The van der Waals surface area contributed by atoms with Crippen LogP contribution in [0.4, 0.5) is 11.4 Å². The van der Waals surface area contributed by atoms with E-state index in [4.69, 9.17) is 0 Å². The Bertz CT molecular complexity index is 1550. The number of rotatable bonds is 9. The Morgan fingerprint density at radius 1 is 0.750 bits per heavy atom. The van der Waals surface area contributed by atoms with E-state index in [1.165, 1.54) is 11.8 Å². The Kier molecular flexibility index (Phi) is 9.54. The minimum Gasteiger partial charge on any atom is -0.325 e. The highest BCUT2D eigenvalue weighted by atomic mass is 32.2. The zero-order valence-corrected chi connectivity index (χ0v) is 23.4. The Morgan fingerprint density at radius 2 is 1.43 bits per heavy atom. The molecule has 4 rings (SSSR count). The molecule has 0 heterocycles. The average Bonchev–Trinajstić information content (AvgIpc) is 2.95. The Labute approximate surface area is 238 Å². The van der Waals surface area contributed by atoms with E-state index in [9.17, 15) is 14.4 Å². The lowest BCUT2D eigenvalue weighted by Gasteiger charge is -2.15. The number of carbonyl (C=O) groups is 3. The quantitative estimate of drug-likeness (QED) is 0.158. The van der Waals surface area contributed by atoms with E-state index in [2.05, 4.69) is 16.0 Å². The maximum atomic E-state index is 13.4. The molecule has 40 heavy (non-hydrogen) atoms. The van der Waals surface area contributed by atoms with Gasteiger partial charge in [0.2, 0.25) is 5.91 Å². The summed E-state index contributed by atoms with van der Waals surface area (Å²) in [5.74, 6) is -0.950. The minimum absolute atomic E-state index is 0.110. The number of nitrogens with one attached hydrogen (secondary N) is 3. The summed E-state index contributed by atoms with van der Waals surface area (Å²) < 4.78 is 0. The van der Waals surface area contributed by atoms with Crippen LogP contribution >= 0.6 is 11.8 Å². The van der Waals surface area contributed by atoms with Crippen LogP contribution < -0.4 is 16.0 Å². The molecule has 1 atom stereocenters. The van der Waals surface area contributed by atoms with Gasteiger partial charge in [0, 0.05) is 21.8 Å². The molecule has 3 amide bonds. The number of thioether (sulfide) groups is 1. The van der Waals surface area contributed by atoms with Crippen molar-refractivity contribution in [2.45, 2.75) is 30.9 Å². The Morgan fingerprint density at radius 3 is 2.15 bits per heavy atom. The third-order valence-corrected chi connectivity index (χ3v) is 7.29. The lowest BCUT2D eigenvalue weighted by Crippen LogP contribution is -2.30. The third kappa shape index (κ3) is 7.71. The maximum absolute atomic E-state index is 13.4. The summed E-state index contributed by atoms with van der Waals surface area (Å²) in [6, 6.07) is 31.3. The summed E-state index contributed by atoms with van der Waals surface area (Å²) >= 11 is 1.39. The van der Waals surface area contributed by atoms with Gasteiger partial charge in [-0.05, 0) is 79.9 Å². The van der Waals surface area contributed by atoms with Crippen molar-refractivity contribution in [1.82, 2.24) is 5.32 Å². The van der Waals surface area contributed by atoms with E-state index in [0.717, 1.165) is 27.3 Å². The Balaban J connectivity index is 1.49. The van der Waals surface area contributed by atoms with E-state index in [0.29, 0.717) is 11.3 Å². The highest BCUT2D eigenvalue weighted by Gasteiger charge is 2.18. The van der Waals surface area contributed by atoms with E-state index in [-0.39, 0.29) is 22.8 Å². The molecule has 7 heteroatoms. The monoisotopic (exact) mass is 549 g/mol. The maximum Gasteiger partial charge on any atom is 0.272 e. The summed E-state index contributed by atoms with van der Waals surface area (Å²) in [6.45, 7) is 5.73. The number of para-hydroxylation sites is 1. The highest BCUT2D eigenvalue weighted by Crippen LogP contribution is 2.27. The Hall–Kier alpha value is -4.62. The molecule has 0 radical (unpaired) electrons. The highest BCUT2D eigenvalue weighted by molar-refractivity contribution is 8.00. The molecule has 0 fully saturated rings. The molecular formula is C33H31N3O3S. The predicted octanol–water partition coefficient (Wildman–Crippen LogP) is 6.83. The van der Waals surface area contributed by atoms with Gasteiger partial charge >= 0.3 is 0 Å². The molecule has 0 saturated carbocycles. The molecule has 3 N–H and O–H groups in total. The molecule has 0 aromatic heterocycles. The average molecular weight is 550 g/mol. The zero-order valence-electron chi connectivity index (χ0n) is 22.6. The number of amides is 3. The van der Waals surface area contributed by atoms with Crippen molar-refractivity contribution in [1.29, 1.82) is 0 Å². The van der Waals surface area contributed by atoms with Crippen molar-refractivity contribution >= 4 is 46.9 Å². The van der Waals surface area contributed by atoms with Crippen molar-refractivity contribution in [3.8, 4) is 0 Å². The summed E-state index contributed by atoms with van der Waals surface area (Å²) in [5.41, 5.74) is 4.68. The van der Waals surface area contributed by atoms with Crippen LogP contribution in [0.25, 0.3) is 6.08 Å².